The summed E-state index contributed by atoms with van der Waals surface area (Å²) in [5.41, 5.74) is 0. The lowest BCUT2D eigenvalue weighted by Gasteiger charge is -2.29. The lowest BCUT2D eigenvalue weighted by Crippen LogP contribution is -2.39. The average molecular weight is 310 g/mol. The smallest absolute Gasteiger partial charge is 0.316 e. The van der Waals surface area contributed by atoms with E-state index < -0.39 is 11.7 Å². The van der Waals surface area contributed by atoms with Crippen molar-refractivity contribution in [2.75, 3.05) is 19.8 Å². The van der Waals surface area contributed by atoms with Crippen LogP contribution >= 0.6 is 0 Å². The van der Waals surface area contributed by atoms with Crippen LogP contribution in [0.3, 0.4) is 0 Å². The molecular formula is C17H26O5. The number of fused-ring (bicyclic) bond motifs is 1. The molecule has 0 aromatic heterocycles. The molecule has 1 heterocycles. The van der Waals surface area contributed by atoms with Gasteiger partial charge in [0.05, 0.1) is 19.8 Å². The third kappa shape index (κ3) is 2.38. The van der Waals surface area contributed by atoms with Gasteiger partial charge in [0, 0.05) is 18.3 Å². The van der Waals surface area contributed by atoms with Crippen molar-refractivity contribution in [3.05, 3.63) is 0 Å². The first-order chi connectivity index (χ1) is 10.5. The van der Waals surface area contributed by atoms with Crippen molar-refractivity contribution in [1.82, 2.24) is 0 Å². The maximum atomic E-state index is 13.0. The molecule has 0 aromatic carbocycles. The van der Waals surface area contributed by atoms with Crippen LogP contribution in [0.2, 0.25) is 0 Å². The highest BCUT2D eigenvalue weighted by Crippen LogP contribution is 2.54. The Morgan fingerprint density at radius 2 is 1.95 bits per heavy atom. The van der Waals surface area contributed by atoms with Gasteiger partial charge in [0.1, 0.15) is 5.92 Å². The van der Waals surface area contributed by atoms with Gasteiger partial charge in [-0.25, -0.2) is 0 Å². The summed E-state index contributed by atoms with van der Waals surface area (Å²) in [5, 5.41) is 0. The second kappa shape index (κ2) is 5.93. The Morgan fingerprint density at radius 1 is 1.27 bits per heavy atom. The van der Waals surface area contributed by atoms with Crippen molar-refractivity contribution in [2.24, 2.45) is 29.6 Å². The van der Waals surface area contributed by atoms with Crippen LogP contribution in [0.15, 0.2) is 0 Å². The number of ketones is 1. The van der Waals surface area contributed by atoms with E-state index in [1.165, 1.54) is 0 Å². The van der Waals surface area contributed by atoms with Crippen LogP contribution < -0.4 is 0 Å². The zero-order valence-corrected chi connectivity index (χ0v) is 13.7. The Morgan fingerprint density at radius 3 is 2.59 bits per heavy atom. The van der Waals surface area contributed by atoms with E-state index in [0.717, 1.165) is 12.8 Å². The van der Waals surface area contributed by atoms with Crippen LogP contribution in [0.25, 0.3) is 0 Å². The quantitative estimate of drug-likeness (QED) is 0.578. The summed E-state index contributed by atoms with van der Waals surface area (Å²) in [4.78, 5) is 25.2. The maximum absolute atomic E-state index is 13.0. The number of Topliss-reactive ketones (excluding diaryl/α,β-unsaturated/α-hetero) is 1. The molecular weight excluding hydrogens is 284 g/mol. The Kier molecular flexibility index (Phi) is 4.29. The lowest BCUT2D eigenvalue weighted by molar-refractivity contribution is -0.185. The van der Waals surface area contributed by atoms with Crippen molar-refractivity contribution in [3.8, 4) is 0 Å². The molecule has 3 fully saturated rings. The van der Waals surface area contributed by atoms with Gasteiger partial charge in [-0.3, -0.25) is 9.59 Å². The lowest BCUT2D eigenvalue weighted by atomic mass is 9.79. The van der Waals surface area contributed by atoms with E-state index in [2.05, 4.69) is 6.92 Å². The molecule has 0 radical (unpaired) electrons. The van der Waals surface area contributed by atoms with Crippen molar-refractivity contribution >= 4 is 11.8 Å². The van der Waals surface area contributed by atoms with Crippen LogP contribution in [0, 0.1) is 29.6 Å². The van der Waals surface area contributed by atoms with E-state index >= 15 is 0 Å². The Bertz CT molecular complexity index is 454. The van der Waals surface area contributed by atoms with Crippen molar-refractivity contribution < 1.29 is 23.8 Å². The normalized spacial score (nSPS) is 40.5. The monoisotopic (exact) mass is 310 g/mol. The summed E-state index contributed by atoms with van der Waals surface area (Å²) in [6.45, 7) is 7.49. The fourth-order valence-corrected chi connectivity index (χ4v) is 4.64. The minimum absolute atomic E-state index is 0.00928. The third-order valence-electron chi connectivity index (χ3n) is 5.87. The molecule has 0 aromatic rings. The van der Waals surface area contributed by atoms with E-state index in [4.69, 9.17) is 14.2 Å². The molecule has 5 atom stereocenters. The fraction of sp³-hybridized carbons (Fsp3) is 0.882. The van der Waals surface area contributed by atoms with Gasteiger partial charge in [0.25, 0.3) is 0 Å². The minimum atomic E-state index is -0.615. The molecule has 1 saturated heterocycles. The third-order valence-corrected chi connectivity index (χ3v) is 5.87. The molecule has 5 nitrogen and oxygen atoms in total. The Balaban J connectivity index is 1.88. The molecule has 3 aliphatic rings. The molecule has 124 valence electrons. The predicted octanol–water partition coefficient (Wildman–Crippen LogP) is 2.18. The zero-order valence-electron chi connectivity index (χ0n) is 13.7. The van der Waals surface area contributed by atoms with Crippen molar-refractivity contribution in [3.63, 3.8) is 0 Å². The fourth-order valence-electron chi connectivity index (χ4n) is 4.64. The van der Waals surface area contributed by atoms with Crippen LogP contribution in [-0.4, -0.2) is 37.4 Å². The SMILES string of the molecule is CCOC(=O)C1CC[C@H](C)[C@@H]2CC3(OCCO3)[C@H](C)[C@H]2C1=O. The van der Waals surface area contributed by atoms with Crippen molar-refractivity contribution in [2.45, 2.75) is 45.8 Å². The Hall–Kier alpha value is -0.940. The molecule has 5 heteroatoms. The van der Waals surface area contributed by atoms with Gasteiger partial charge in [0.15, 0.2) is 11.6 Å². The first kappa shape index (κ1) is 15.9. The van der Waals surface area contributed by atoms with E-state index in [-0.39, 0.29) is 29.5 Å². The summed E-state index contributed by atoms with van der Waals surface area (Å²) >= 11 is 0. The number of rotatable bonds is 2. The van der Waals surface area contributed by atoms with Gasteiger partial charge in [-0.2, -0.15) is 0 Å². The number of esters is 1. The minimum Gasteiger partial charge on any atom is -0.465 e. The molecule has 1 aliphatic heterocycles. The highest BCUT2D eigenvalue weighted by Gasteiger charge is 2.60. The van der Waals surface area contributed by atoms with E-state index in [1.54, 1.807) is 6.92 Å². The number of carbonyl (C=O) groups excluding carboxylic acids is 2. The van der Waals surface area contributed by atoms with E-state index in [9.17, 15) is 9.59 Å². The summed E-state index contributed by atoms with van der Waals surface area (Å²) in [5.74, 6) is -1.09. The largest absolute Gasteiger partial charge is 0.465 e. The first-order valence-electron chi connectivity index (χ1n) is 8.48. The van der Waals surface area contributed by atoms with Crippen LogP contribution in [0.4, 0.5) is 0 Å². The maximum Gasteiger partial charge on any atom is 0.316 e. The second-order valence-electron chi connectivity index (χ2n) is 6.95. The standard InChI is InChI=1S/C17H26O5/c1-4-20-16(19)12-6-5-10(2)13-9-17(21-7-8-22-17)11(3)14(13)15(12)18/h10-14H,4-9H2,1-3H3/t10-,11+,12?,13-,14+/m0/s1. The molecule has 1 spiro atoms. The average Bonchev–Trinajstić information content (AvgIpc) is 3.03. The summed E-state index contributed by atoms with van der Waals surface area (Å²) in [6, 6.07) is 0. The number of hydrogen-bond donors (Lipinski definition) is 0. The summed E-state index contributed by atoms with van der Waals surface area (Å²) in [7, 11) is 0. The first-order valence-corrected chi connectivity index (χ1v) is 8.48. The van der Waals surface area contributed by atoms with E-state index in [1.807, 2.05) is 6.92 Å². The highest BCUT2D eigenvalue weighted by atomic mass is 16.7. The topological polar surface area (TPSA) is 61.8 Å². The van der Waals surface area contributed by atoms with Gasteiger partial charge in [-0.1, -0.05) is 13.8 Å². The molecule has 0 amide bonds. The van der Waals surface area contributed by atoms with E-state index in [0.29, 0.717) is 32.2 Å². The van der Waals surface area contributed by atoms with Crippen molar-refractivity contribution in [1.29, 1.82) is 0 Å². The Labute approximate surface area is 131 Å². The number of carbonyl (C=O) groups is 2. The zero-order chi connectivity index (χ0) is 15.9. The van der Waals surface area contributed by atoms with Gasteiger partial charge in [-0.05, 0) is 31.6 Å². The number of hydrogen-bond acceptors (Lipinski definition) is 5. The van der Waals surface area contributed by atoms with Gasteiger partial charge in [-0.15, -0.1) is 0 Å². The molecule has 1 unspecified atom stereocenters. The second-order valence-corrected chi connectivity index (χ2v) is 6.95. The summed E-state index contributed by atoms with van der Waals surface area (Å²) in [6.07, 6.45) is 2.24. The van der Waals surface area contributed by atoms with Gasteiger partial charge >= 0.3 is 5.97 Å². The molecule has 2 aliphatic carbocycles. The molecule has 0 bridgehead atoms. The molecule has 2 saturated carbocycles. The summed E-state index contributed by atoms with van der Waals surface area (Å²) < 4.78 is 16.9. The van der Waals surface area contributed by atoms with Crippen LogP contribution in [0.5, 0.6) is 0 Å². The van der Waals surface area contributed by atoms with Crippen LogP contribution in [0.1, 0.15) is 40.0 Å². The van der Waals surface area contributed by atoms with Gasteiger partial charge < -0.3 is 14.2 Å². The highest BCUT2D eigenvalue weighted by molar-refractivity contribution is 6.00. The van der Waals surface area contributed by atoms with Gasteiger partial charge in [0.2, 0.25) is 0 Å². The van der Waals surface area contributed by atoms with Crippen LogP contribution in [-0.2, 0) is 23.8 Å². The number of ether oxygens (including phenoxy) is 3. The molecule has 0 N–H and O–H groups in total. The molecule has 22 heavy (non-hydrogen) atoms. The molecule has 3 rings (SSSR count). The predicted molar refractivity (Wildman–Crippen MR) is 78.9 cm³/mol.